The lowest BCUT2D eigenvalue weighted by Gasteiger charge is -2.36. The SMILES string of the molecule is CCCCC(NC(=O)c1cccnc1N1CCN(Cc2ccccc2)CC1)C(=O)C(N)=O. The number of nitrogens with zero attached hydrogens (tertiary/aromatic N) is 3. The van der Waals surface area contributed by atoms with E-state index in [0.29, 0.717) is 24.2 Å². The van der Waals surface area contributed by atoms with E-state index in [4.69, 9.17) is 5.73 Å². The standard InChI is InChI=1S/C24H31N5O3/c1-2-3-11-20(21(30)22(25)31)27-24(32)19-10-7-12-26-23(19)29-15-13-28(14-16-29)17-18-8-5-4-6-9-18/h4-10,12,20H,2-3,11,13-17H2,1H3,(H2,25,31)(H,27,32). The average Bonchev–Trinajstić information content (AvgIpc) is 2.82. The first-order chi connectivity index (χ1) is 15.5. The molecule has 0 spiro atoms. The van der Waals surface area contributed by atoms with E-state index in [1.807, 2.05) is 25.1 Å². The van der Waals surface area contributed by atoms with Crippen LogP contribution in [-0.4, -0.2) is 59.7 Å². The lowest BCUT2D eigenvalue weighted by atomic mass is 10.0. The van der Waals surface area contributed by atoms with Crippen LogP contribution in [0.15, 0.2) is 48.7 Å². The van der Waals surface area contributed by atoms with Crippen molar-refractivity contribution in [3.8, 4) is 0 Å². The topological polar surface area (TPSA) is 109 Å². The van der Waals surface area contributed by atoms with Crippen molar-refractivity contribution >= 4 is 23.4 Å². The molecule has 1 aromatic heterocycles. The number of carbonyl (C=O) groups is 3. The molecular weight excluding hydrogens is 406 g/mol. The summed E-state index contributed by atoms with van der Waals surface area (Å²) in [5.74, 6) is -1.64. The van der Waals surface area contributed by atoms with Gasteiger partial charge < -0.3 is 16.0 Å². The summed E-state index contributed by atoms with van der Waals surface area (Å²) in [5.41, 5.74) is 6.84. The summed E-state index contributed by atoms with van der Waals surface area (Å²) in [5, 5.41) is 2.70. The first-order valence-corrected chi connectivity index (χ1v) is 11.1. The monoisotopic (exact) mass is 437 g/mol. The van der Waals surface area contributed by atoms with Gasteiger partial charge in [0, 0.05) is 38.9 Å². The van der Waals surface area contributed by atoms with Crippen molar-refractivity contribution in [1.82, 2.24) is 15.2 Å². The van der Waals surface area contributed by atoms with Gasteiger partial charge in [0.15, 0.2) is 0 Å². The first-order valence-electron chi connectivity index (χ1n) is 11.1. The zero-order chi connectivity index (χ0) is 22.9. The molecule has 3 rings (SSSR count). The van der Waals surface area contributed by atoms with Crippen LogP contribution in [0.2, 0.25) is 0 Å². The number of ketones is 1. The molecule has 170 valence electrons. The summed E-state index contributed by atoms with van der Waals surface area (Å²) >= 11 is 0. The van der Waals surface area contributed by atoms with Crippen molar-refractivity contribution < 1.29 is 14.4 Å². The molecule has 2 aromatic rings. The molecule has 0 saturated carbocycles. The largest absolute Gasteiger partial charge is 0.363 e. The number of Topliss-reactive ketones (excluding diaryl/α,β-unsaturated/α-hetero) is 1. The minimum atomic E-state index is -1.03. The van der Waals surface area contributed by atoms with Crippen molar-refractivity contribution in [1.29, 1.82) is 0 Å². The van der Waals surface area contributed by atoms with E-state index in [1.165, 1.54) is 5.56 Å². The molecule has 0 aliphatic carbocycles. The molecular formula is C24H31N5O3. The van der Waals surface area contributed by atoms with E-state index in [0.717, 1.165) is 39.1 Å². The highest BCUT2D eigenvalue weighted by molar-refractivity contribution is 6.38. The number of hydrogen-bond donors (Lipinski definition) is 2. The minimum absolute atomic E-state index is 0.373. The molecule has 2 amide bonds. The summed E-state index contributed by atoms with van der Waals surface area (Å²) in [6.07, 6.45) is 3.57. The molecule has 1 fully saturated rings. The highest BCUT2D eigenvalue weighted by Crippen LogP contribution is 2.20. The fourth-order valence-corrected chi connectivity index (χ4v) is 3.87. The van der Waals surface area contributed by atoms with Gasteiger partial charge in [-0.15, -0.1) is 0 Å². The van der Waals surface area contributed by atoms with Crippen LogP contribution in [0.25, 0.3) is 0 Å². The number of pyridine rings is 1. The Morgan fingerprint density at radius 3 is 2.44 bits per heavy atom. The second-order valence-electron chi connectivity index (χ2n) is 8.02. The summed E-state index contributed by atoms with van der Waals surface area (Å²) < 4.78 is 0. The zero-order valence-corrected chi connectivity index (χ0v) is 18.5. The predicted molar refractivity (Wildman–Crippen MR) is 123 cm³/mol. The van der Waals surface area contributed by atoms with Crippen LogP contribution < -0.4 is 16.0 Å². The quantitative estimate of drug-likeness (QED) is 0.548. The molecule has 1 aromatic carbocycles. The van der Waals surface area contributed by atoms with Crippen LogP contribution in [0, 0.1) is 0 Å². The third-order valence-electron chi connectivity index (χ3n) is 5.66. The maximum absolute atomic E-state index is 13.0. The summed E-state index contributed by atoms with van der Waals surface area (Å²) in [7, 11) is 0. The van der Waals surface area contributed by atoms with E-state index in [-0.39, 0.29) is 0 Å². The number of hydrogen-bond acceptors (Lipinski definition) is 6. The average molecular weight is 438 g/mol. The van der Waals surface area contributed by atoms with E-state index in [2.05, 4.69) is 32.2 Å². The van der Waals surface area contributed by atoms with Gasteiger partial charge in [-0.05, 0) is 24.1 Å². The number of nitrogens with two attached hydrogens (primary N) is 1. The Kier molecular flexibility index (Phi) is 8.33. The van der Waals surface area contributed by atoms with E-state index < -0.39 is 23.6 Å². The van der Waals surface area contributed by atoms with Crippen molar-refractivity contribution in [3.05, 3.63) is 59.8 Å². The number of carbonyl (C=O) groups excluding carboxylic acids is 3. The first kappa shape index (κ1) is 23.4. The summed E-state index contributed by atoms with van der Waals surface area (Å²) in [6.45, 7) is 6.05. The number of primary amides is 1. The Labute approximate surface area is 188 Å². The van der Waals surface area contributed by atoms with Crippen molar-refractivity contribution in [2.24, 2.45) is 5.73 Å². The molecule has 1 aliphatic rings. The number of piperazine rings is 1. The second-order valence-corrected chi connectivity index (χ2v) is 8.02. The molecule has 1 unspecified atom stereocenters. The Morgan fingerprint density at radius 1 is 1.06 bits per heavy atom. The fraction of sp³-hybridized carbons (Fsp3) is 0.417. The molecule has 1 atom stereocenters. The van der Waals surface area contributed by atoms with Crippen LogP contribution in [0.1, 0.15) is 42.1 Å². The third-order valence-corrected chi connectivity index (χ3v) is 5.66. The molecule has 0 radical (unpaired) electrons. The van der Waals surface area contributed by atoms with Crippen molar-refractivity contribution in [3.63, 3.8) is 0 Å². The second kappa shape index (κ2) is 11.4. The molecule has 32 heavy (non-hydrogen) atoms. The number of rotatable bonds is 10. The Morgan fingerprint density at radius 2 is 1.78 bits per heavy atom. The fourth-order valence-electron chi connectivity index (χ4n) is 3.87. The number of aromatic nitrogens is 1. The molecule has 0 bridgehead atoms. The van der Waals surface area contributed by atoms with Gasteiger partial charge >= 0.3 is 0 Å². The normalized spacial score (nSPS) is 15.2. The minimum Gasteiger partial charge on any atom is -0.363 e. The Hall–Kier alpha value is -3.26. The van der Waals surface area contributed by atoms with E-state index >= 15 is 0 Å². The van der Waals surface area contributed by atoms with Gasteiger partial charge in [0.2, 0.25) is 5.78 Å². The van der Waals surface area contributed by atoms with Gasteiger partial charge in [0.25, 0.3) is 11.8 Å². The van der Waals surface area contributed by atoms with E-state index in [9.17, 15) is 14.4 Å². The van der Waals surface area contributed by atoms with Crippen LogP contribution in [0.3, 0.4) is 0 Å². The van der Waals surface area contributed by atoms with Gasteiger partial charge in [-0.3, -0.25) is 19.3 Å². The molecule has 1 saturated heterocycles. The molecule has 3 N–H and O–H groups in total. The molecule has 2 heterocycles. The van der Waals surface area contributed by atoms with Crippen LogP contribution in [-0.2, 0) is 16.1 Å². The van der Waals surface area contributed by atoms with Gasteiger partial charge in [0.1, 0.15) is 5.82 Å². The molecule has 1 aliphatic heterocycles. The third kappa shape index (κ3) is 6.13. The van der Waals surface area contributed by atoms with Gasteiger partial charge in [-0.1, -0.05) is 50.1 Å². The Balaban J connectivity index is 1.66. The van der Waals surface area contributed by atoms with Crippen LogP contribution in [0.4, 0.5) is 5.82 Å². The maximum Gasteiger partial charge on any atom is 0.287 e. The predicted octanol–water partition coefficient (Wildman–Crippen LogP) is 1.75. The molecule has 8 nitrogen and oxygen atoms in total. The van der Waals surface area contributed by atoms with Crippen molar-refractivity contribution in [2.45, 2.75) is 38.8 Å². The lowest BCUT2D eigenvalue weighted by Crippen LogP contribution is -2.48. The summed E-state index contributed by atoms with van der Waals surface area (Å²) in [4.78, 5) is 45.5. The highest BCUT2D eigenvalue weighted by Gasteiger charge is 2.28. The highest BCUT2D eigenvalue weighted by atomic mass is 16.2. The smallest absolute Gasteiger partial charge is 0.287 e. The summed E-state index contributed by atoms with van der Waals surface area (Å²) in [6, 6.07) is 12.8. The van der Waals surface area contributed by atoms with Crippen LogP contribution >= 0.6 is 0 Å². The van der Waals surface area contributed by atoms with Gasteiger partial charge in [0.05, 0.1) is 11.6 Å². The molecule has 8 heteroatoms. The van der Waals surface area contributed by atoms with Gasteiger partial charge in [-0.25, -0.2) is 4.98 Å². The number of amides is 2. The Bertz CT molecular complexity index is 926. The zero-order valence-electron chi connectivity index (χ0n) is 18.5. The lowest BCUT2D eigenvalue weighted by molar-refractivity contribution is -0.137. The van der Waals surface area contributed by atoms with Crippen LogP contribution in [0.5, 0.6) is 0 Å². The number of anilines is 1. The van der Waals surface area contributed by atoms with Gasteiger partial charge in [-0.2, -0.15) is 0 Å². The van der Waals surface area contributed by atoms with Crippen molar-refractivity contribution in [2.75, 3.05) is 31.1 Å². The number of benzene rings is 1. The number of unbranched alkanes of at least 4 members (excludes halogenated alkanes) is 1. The van der Waals surface area contributed by atoms with E-state index in [1.54, 1.807) is 18.3 Å². The maximum atomic E-state index is 13.0. The number of nitrogens with one attached hydrogen (secondary N) is 1.